The molecule has 0 saturated carbocycles. The molecule has 0 saturated heterocycles. The lowest BCUT2D eigenvalue weighted by Gasteiger charge is -2.11. The van der Waals surface area contributed by atoms with Crippen LogP contribution in [0.25, 0.3) is 0 Å². The first-order valence-corrected chi connectivity index (χ1v) is 7.39. The van der Waals surface area contributed by atoms with Crippen LogP contribution < -0.4 is 5.32 Å². The number of methoxy groups -OCH3 is 1. The molecule has 0 bridgehead atoms. The number of hydrogen-bond donors (Lipinski definition) is 1. The number of carbonyl (C=O) groups is 1. The van der Waals surface area contributed by atoms with E-state index in [-0.39, 0.29) is 5.97 Å². The molecule has 2 heterocycles. The average molecular weight is 293 g/mol. The van der Waals surface area contributed by atoms with Gasteiger partial charge in [-0.15, -0.1) is 11.3 Å². The smallest absolute Gasteiger partial charge is 0.310 e. The summed E-state index contributed by atoms with van der Waals surface area (Å²) in [5.74, 6) is 0.792. The molecule has 20 heavy (non-hydrogen) atoms. The molecule has 1 atom stereocenters. The van der Waals surface area contributed by atoms with Crippen LogP contribution in [0.4, 0.5) is 0 Å². The van der Waals surface area contributed by atoms with E-state index in [2.05, 4.69) is 23.0 Å². The maximum absolute atomic E-state index is 11.2. The van der Waals surface area contributed by atoms with Gasteiger partial charge in [0.1, 0.15) is 5.76 Å². The number of thiophene rings is 1. The summed E-state index contributed by atoms with van der Waals surface area (Å²) in [6.07, 6.45) is 2.91. The number of nitrogens with one attached hydrogen (secondary N) is 1. The first-order valence-electron chi connectivity index (χ1n) is 6.57. The van der Waals surface area contributed by atoms with Crippen molar-refractivity contribution in [1.29, 1.82) is 0 Å². The Hall–Kier alpha value is -1.59. The van der Waals surface area contributed by atoms with Gasteiger partial charge in [0, 0.05) is 28.8 Å². The molecule has 5 heteroatoms. The highest BCUT2D eigenvalue weighted by atomic mass is 32.1. The Morgan fingerprint density at radius 3 is 2.90 bits per heavy atom. The van der Waals surface area contributed by atoms with Gasteiger partial charge >= 0.3 is 5.97 Å². The lowest BCUT2D eigenvalue weighted by Crippen LogP contribution is -2.26. The van der Waals surface area contributed by atoms with Crippen molar-refractivity contribution in [3.63, 3.8) is 0 Å². The van der Waals surface area contributed by atoms with E-state index in [1.807, 2.05) is 18.2 Å². The first-order chi connectivity index (χ1) is 9.67. The predicted octanol–water partition coefficient (Wildman–Crippen LogP) is 2.78. The molecule has 0 aliphatic rings. The van der Waals surface area contributed by atoms with Gasteiger partial charge in [-0.05, 0) is 31.2 Å². The summed E-state index contributed by atoms with van der Waals surface area (Å²) in [5.41, 5.74) is 0. The Labute approximate surface area is 122 Å². The van der Waals surface area contributed by atoms with Crippen molar-refractivity contribution >= 4 is 17.3 Å². The van der Waals surface area contributed by atoms with Gasteiger partial charge in [0.05, 0.1) is 19.8 Å². The molecule has 0 radical (unpaired) electrons. The van der Waals surface area contributed by atoms with Gasteiger partial charge < -0.3 is 14.5 Å². The van der Waals surface area contributed by atoms with Gasteiger partial charge in [0.25, 0.3) is 0 Å². The fourth-order valence-electron chi connectivity index (χ4n) is 1.90. The van der Waals surface area contributed by atoms with Crippen LogP contribution in [0.15, 0.2) is 34.9 Å². The summed E-state index contributed by atoms with van der Waals surface area (Å²) in [6, 6.07) is 8.26. The Morgan fingerprint density at radius 1 is 1.40 bits per heavy atom. The second kappa shape index (κ2) is 7.26. The topological polar surface area (TPSA) is 51.5 Å². The molecule has 0 spiro atoms. The van der Waals surface area contributed by atoms with Crippen LogP contribution in [0.2, 0.25) is 0 Å². The zero-order valence-electron chi connectivity index (χ0n) is 11.7. The number of ether oxygens (including phenoxy) is 1. The molecule has 0 aromatic carbocycles. The van der Waals surface area contributed by atoms with Gasteiger partial charge in [0.15, 0.2) is 0 Å². The molecule has 1 unspecified atom stereocenters. The molecule has 2 aromatic heterocycles. The molecule has 4 nitrogen and oxygen atoms in total. The van der Waals surface area contributed by atoms with E-state index in [4.69, 9.17) is 4.42 Å². The van der Waals surface area contributed by atoms with Gasteiger partial charge in [-0.25, -0.2) is 0 Å². The molecular formula is C15H19NO3S. The Morgan fingerprint density at radius 2 is 2.20 bits per heavy atom. The Bertz CT molecular complexity index is 533. The van der Waals surface area contributed by atoms with Crippen LogP contribution in [0, 0.1) is 0 Å². The van der Waals surface area contributed by atoms with Crippen molar-refractivity contribution < 1.29 is 13.9 Å². The number of hydrogen-bond acceptors (Lipinski definition) is 5. The van der Waals surface area contributed by atoms with Crippen molar-refractivity contribution in [2.24, 2.45) is 0 Å². The zero-order chi connectivity index (χ0) is 14.4. The third kappa shape index (κ3) is 4.51. The van der Waals surface area contributed by atoms with E-state index in [1.54, 1.807) is 17.6 Å². The minimum absolute atomic E-state index is 0.197. The summed E-state index contributed by atoms with van der Waals surface area (Å²) in [5, 5.41) is 3.45. The summed E-state index contributed by atoms with van der Waals surface area (Å²) < 4.78 is 9.99. The lowest BCUT2D eigenvalue weighted by molar-refractivity contribution is -0.139. The maximum Gasteiger partial charge on any atom is 0.310 e. The van der Waals surface area contributed by atoms with E-state index < -0.39 is 0 Å². The third-order valence-corrected chi connectivity index (χ3v) is 4.06. The monoisotopic (exact) mass is 293 g/mol. The predicted molar refractivity (Wildman–Crippen MR) is 78.8 cm³/mol. The van der Waals surface area contributed by atoms with E-state index >= 15 is 0 Å². The lowest BCUT2D eigenvalue weighted by atomic mass is 10.2. The molecule has 1 N–H and O–H groups in total. The molecule has 2 rings (SSSR count). The number of carbonyl (C=O) groups excluding carboxylic acids is 1. The maximum atomic E-state index is 11.2. The van der Waals surface area contributed by atoms with E-state index in [0.29, 0.717) is 12.5 Å². The average Bonchev–Trinajstić information content (AvgIpc) is 3.08. The number of rotatable bonds is 7. The molecule has 2 aromatic rings. The van der Waals surface area contributed by atoms with Gasteiger partial charge in [-0.3, -0.25) is 4.79 Å². The minimum Gasteiger partial charge on any atom is -0.469 e. The quantitative estimate of drug-likeness (QED) is 0.798. The van der Waals surface area contributed by atoms with Crippen LogP contribution in [0.5, 0.6) is 0 Å². The fourth-order valence-corrected chi connectivity index (χ4v) is 2.86. The van der Waals surface area contributed by atoms with Crippen LogP contribution in [-0.2, 0) is 28.9 Å². The molecule has 0 amide bonds. The van der Waals surface area contributed by atoms with Crippen molar-refractivity contribution in [3.05, 3.63) is 46.0 Å². The standard InChI is InChI=1S/C15H19NO3S/c1-11(8-12-4-3-7-19-12)16-10-14-6-5-13(20-14)9-15(17)18-2/h3-7,11,16H,8-10H2,1-2H3. The highest BCUT2D eigenvalue weighted by Gasteiger charge is 2.08. The number of furan rings is 1. The van der Waals surface area contributed by atoms with Gasteiger partial charge in [-0.1, -0.05) is 0 Å². The minimum atomic E-state index is -0.197. The highest BCUT2D eigenvalue weighted by Crippen LogP contribution is 2.17. The first kappa shape index (κ1) is 14.8. The molecule has 108 valence electrons. The second-order valence-corrected chi connectivity index (χ2v) is 5.94. The van der Waals surface area contributed by atoms with E-state index in [9.17, 15) is 4.79 Å². The third-order valence-electron chi connectivity index (χ3n) is 2.98. The SMILES string of the molecule is COC(=O)Cc1ccc(CNC(C)Cc2ccco2)s1. The fraction of sp³-hybridized carbons (Fsp3) is 0.400. The van der Waals surface area contributed by atoms with Crippen LogP contribution in [-0.4, -0.2) is 19.1 Å². The van der Waals surface area contributed by atoms with Crippen LogP contribution in [0.1, 0.15) is 22.4 Å². The summed E-state index contributed by atoms with van der Waals surface area (Å²) in [4.78, 5) is 13.4. The van der Waals surface area contributed by atoms with Crippen molar-refractivity contribution in [2.75, 3.05) is 7.11 Å². The van der Waals surface area contributed by atoms with Crippen molar-refractivity contribution in [1.82, 2.24) is 5.32 Å². The van der Waals surface area contributed by atoms with Crippen molar-refractivity contribution in [3.8, 4) is 0 Å². The summed E-state index contributed by atoms with van der Waals surface area (Å²) in [7, 11) is 1.41. The molecule has 0 aliphatic heterocycles. The van der Waals surface area contributed by atoms with Gasteiger partial charge in [0.2, 0.25) is 0 Å². The highest BCUT2D eigenvalue weighted by molar-refractivity contribution is 7.12. The largest absolute Gasteiger partial charge is 0.469 e. The summed E-state index contributed by atoms with van der Waals surface area (Å²) in [6.45, 7) is 2.93. The Kier molecular flexibility index (Phi) is 5.38. The second-order valence-electron chi connectivity index (χ2n) is 4.69. The van der Waals surface area contributed by atoms with Crippen LogP contribution in [0.3, 0.4) is 0 Å². The molecule has 0 fully saturated rings. The Balaban J connectivity index is 1.77. The van der Waals surface area contributed by atoms with Gasteiger partial charge in [-0.2, -0.15) is 0 Å². The molecule has 0 aliphatic carbocycles. The number of esters is 1. The zero-order valence-corrected chi connectivity index (χ0v) is 12.5. The van der Waals surface area contributed by atoms with E-state index in [0.717, 1.165) is 23.6 Å². The normalized spacial score (nSPS) is 12.3. The van der Waals surface area contributed by atoms with Crippen molar-refractivity contribution in [2.45, 2.75) is 32.4 Å². The summed E-state index contributed by atoms with van der Waals surface area (Å²) >= 11 is 1.64. The molecular weight excluding hydrogens is 274 g/mol. The van der Waals surface area contributed by atoms with E-state index in [1.165, 1.54) is 12.0 Å². The van der Waals surface area contributed by atoms with Crippen LogP contribution >= 0.6 is 11.3 Å².